The number of esters is 1. The van der Waals surface area contributed by atoms with Crippen LogP contribution in [0.2, 0.25) is 0 Å². The molecular formula is C12H19NO4. The van der Waals surface area contributed by atoms with Crippen LogP contribution >= 0.6 is 0 Å². The molecule has 96 valence electrons. The highest BCUT2D eigenvalue weighted by molar-refractivity contribution is 5.92. The van der Waals surface area contributed by atoms with Gasteiger partial charge >= 0.3 is 5.97 Å². The number of carbonyl (C=O) groups is 2. The van der Waals surface area contributed by atoms with Crippen molar-refractivity contribution in [3.05, 3.63) is 0 Å². The van der Waals surface area contributed by atoms with Crippen LogP contribution in [0.5, 0.6) is 0 Å². The van der Waals surface area contributed by atoms with Crippen LogP contribution < -0.4 is 0 Å². The molecule has 0 N–H and O–H groups in total. The van der Waals surface area contributed by atoms with Gasteiger partial charge in [0.05, 0.1) is 13.7 Å². The quantitative estimate of drug-likeness (QED) is 0.641. The molecule has 2 aliphatic heterocycles. The van der Waals surface area contributed by atoms with Crippen LogP contribution in [0.15, 0.2) is 0 Å². The number of hydrogen-bond acceptors (Lipinski definition) is 4. The van der Waals surface area contributed by atoms with Crippen LogP contribution in [0, 0.1) is 5.41 Å². The van der Waals surface area contributed by atoms with E-state index in [4.69, 9.17) is 9.47 Å². The predicted molar refractivity (Wildman–Crippen MR) is 60.0 cm³/mol. The van der Waals surface area contributed by atoms with E-state index in [-0.39, 0.29) is 30.1 Å². The second-order valence-electron chi connectivity index (χ2n) is 5.82. The Labute approximate surface area is 101 Å². The Hall–Kier alpha value is -1.10. The van der Waals surface area contributed by atoms with Crippen LogP contribution in [0.25, 0.3) is 0 Å². The summed E-state index contributed by atoms with van der Waals surface area (Å²) in [6, 6.07) is 0. The maximum absolute atomic E-state index is 12.0. The van der Waals surface area contributed by atoms with Gasteiger partial charge in [-0.25, -0.2) is 4.79 Å². The minimum absolute atomic E-state index is 0.0205. The van der Waals surface area contributed by atoms with E-state index < -0.39 is 5.54 Å². The third kappa shape index (κ3) is 1.64. The van der Waals surface area contributed by atoms with Crippen molar-refractivity contribution >= 4 is 11.9 Å². The standard InChI is InChI=1S/C12H19NO4/c1-11(2,3)9-13-8(14)5-6-12(13,7-17-9)10(15)16-4/h9H,5-7H2,1-4H3/t9?,12-/m1/s1. The first-order valence-electron chi connectivity index (χ1n) is 5.85. The fourth-order valence-corrected chi connectivity index (χ4v) is 2.67. The Bertz CT molecular complexity index is 360. The maximum atomic E-state index is 12.0. The molecule has 0 radical (unpaired) electrons. The number of carbonyl (C=O) groups excluding carboxylic acids is 2. The van der Waals surface area contributed by atoms with Crippen LogP contribution in [0.1, 0.15) is 33.6 Å². The monoisotopic (exact) mass is 241 g/mol. The van der Waals surface area contributed by atoms with Gasteiger partial charge in [-0.2, -0.15) is 0 Å². The first-order valence-corrected chi connectivity index (χ1v) is 5.85. The number of hydrogen-bond donors (Lipinski definition) is 0. The Kier molecular flexibility index (Phi) is 2.69. The minimum Gasteiger partial charge on any atom is -0.467 e. The molecule has 5 heteroatoms. The lowest BCUT2D eigenvalue weighted by Gasteiger charge is -2.36. The molecule has 5 nitrogen and oxygen atoms in total. The summed E-state index contributed by atoms with van der Waals surface area (Å²) in [5.74, 6) is -0.386. The van der Waals surface area contributed by atoms with Crippen molar-refractivity contribution in [1.29, 1.82) is 0 Å². The molecule has 0 aromatic rings. The number of fused-ring (bicyclic) bond motifs is 1. The molecule has 1 amide bonds. The molecule has 0 spiro atoms. The molecule has 2 fully saturated rings. The normalized spacial score (nSPS) is 32.8. The molecule has 17 heavy (non-hydrogen) atoms. The minimum atomic E-state index is -0.885. The molecule has 0 aromatic heterocycles. The Morgan fingerprint density at radius 1 is 1.53 bits per heavy atom. The molecule has 0 aliphatic carbocycles. The molecule has 2 aliphatic rings. The van der Waals surface area contributed by atoms with E-state index in [2.05, 4.69) is 0 Å². The Morgan fingerprint density at radius 3 is 2.71 bits per heavy atom. The van der Waals surface area contributed by atoms with Gasteiger partial charge in [-0.15, -0.1) is 0 Å². The lowest BCUT2D eigenvalue weighted by molar-refractivity contribution is -0.158. The highest BCUT2D eigenvalue weighted by Crippen LogP contribution is 2.44. The van der Waals surface area contributed by atoms with Crippen LogP contribution in [0.4, 0.5) is 0 Å². The van der Waals surface area contributed by atoms with Crippen molar-refractivity contribution in [1.82, 2.24) is 4.90 Å². The lowest BCUT2D eigenvalue weighted by Crippen LogP contribution is -2.54. The summed E-state index contributed by atoms with van der Waals surface area (Å²) in [6.45, 7) is 6.23. The van der Waals surface area contributed by atoms with Crippen molar-refractivity contribution < 1.29 is 19.1 Å². The van der Waals surface area contributed by atoms with E-state index in [9.17, 15) is 9.59 Å². The molecule has 2 atom stereocenters. The number of nitrogens with zero attached hydrogens (tertiary/aromatic N) is 1. The molecule has 2 saturated heterocycles. The molecule has 2 heterocycles. The molecule has 1 unspecified atom stereocenters. The van der Waals surface area contributed by atoms with Crippen molar-refractivity contribution in [3.63, 3.8) is 0 Å². The maximum Gasteiger partial charge on any atom is 0.334 e. The molecule has 0 aromatic carbocycles. The van der Waals surface area contributed by atoms with Gasteiger partial charge in [-0.1, -0.05) is 20.8 Å². The fraction of sp³-hybridized carbons (Fsp3) is 0.833. The zero-order chi connectivity index (χ0) is 12.8. The first-order chi connectivity index (χ1) is 7.83. The van der Waals surface area contributed by atoms with Gasteiger partial charge < -0.3 is 9.47 Å². The third-order valence-electron chi connectivity index (χ3n) is 3.50. The summed E-state index contributed by atoms with van der Waals surface area (Å²) in [5.41, 5.74) is -1.10. The first kappa shape index (κ1) is 12.4. The molecular weight excluding hydrogens is 222 g/mol. The average Bonchev–Trinajstić information content (AvgIpc) is 2.76. The topological polar surface area (TPSA) is 55.8 Å². The SMILES string of the molecule is COC(=O)[C@]12CCC(=O)N1C(C(C)(C)C)OC2. The average molecular weight is 241 g/mol. The van der Waals surface area contributed by atoms with Gasteiger partial charge in [0.25, 0.3) is 0 Å². The lowest BCUT2D eigenvalue weighted by atomic mass is 9.91. The zero-order valence-corrected chi connectivity index (χ0v) is 10.8. The van der Waals surface area contributed by atoms with Crippen molar-refractivity contribution in [2.75, 3.05) is 13.7 Å². The second-order valence-corrected chi connectivity index (χ2v) is 5.82. The van der Waals surface area contributed by atoms with E-state index in [1.807, 2.05) is 20.8 Å². The summed E-state index contributed by atoms with van der Waals surface area (Å²) in [7, 11) is 1.35. The van der Waals surface area contributed by atoms with Crippen LogP contribution in [-0.4, -0.2) is 42.3 Å². The van der Waals surface area contributed by atoms with Gasteiger partial charge in [-0.05, 0) is 6.42 Å². The molecule has 0 bridgehead atoms. The fourth-order valence-electron chi connectivity index (χ4n) is 2.67. The van der Waals surface area contributed by atoms with E-state index >= 15 is 0 Å². The molecule has 0 saturated carbocycles. The highest BCUT2D eigenvalue weighted by atomic mass is 16.6. The number of rotatable bonds is 1. The van der Waals surface area contributed by atoms with Crippen LogP contribution in [-0.2, 0) is 19.1 Å². The third-order valence-corrected chi connectivity index (χ3v) is 3.50. The Morgan fingerprint density at radius 2 is 2.18 bits per heavy atom. The highest BCUT2D eigenvalue weighted by Gasteiger charge is 2.61. The smallest absolute Gasteiger partial charge is 0.334 e. The number of ether oxygens (including phenoxy) is 2. The summed E-state index contributed by atoms with van der Waals surface area (Å²) in [6.07, 6.45) is 0.535. The summed E-state index contributed by atoms with van der Waals surface area (Å²) in [5, 5.41) is 0. The van der Waals surface area contributed by atoms with Crippen molar-refractivity contribution in [3.8, 4) is 0 Å². The predicted octanol–water partition coefficient (Wildman–Crippen LogP) is 0.923. The van der Waals surface area contributed by atoms with E-state index in [0.29, 0.717) is 12.8 Å². The number of amides is 1. The van der Waals surface area contributed by atoms with Gasteiger partial charge in [0.1, 0.15) is 6.23 Å². The van der Waals surface area contributed by atoms with Gasteiger partial charge in [0, 0.05) is 11.8 Å². The largest absolute Gasteiger partial charge is 0.467 e. The van der Waals surface area contributed by atoms with Crippen molar-refractivity contribution in [2.45, 2.75) is 45.4 Å². The Balaban J connectivity index is 2.37. The summed E-state index contributed by atoms with van der Waals surface area (Å²) in [4.78, 5) is 25.5. The van der Waals surface area contributed by atoms with Crippen molar-refractivity contribution in [2.24, 2.45) is 5.41 Å². The molecule has 2 rings (SSSR count). The van der Waals surface area contributed by atoms with E-state index in [0.717, 1.165) is 0 Å². The van der Waals surface area contributed by atoms with E-state index in [1.54, 1.807) is 4.90 Å². The van der Waals surface area contributed by atoms with Gasteiger partial charge in [-0.3, -0.25) is 9.69 Å². The zero-order valence-electron chi connectivity index (χ0n) is 10.8. The second kappa shape index (κ2) is 3.70. The number of methoxy groups -OCH3 is 1. The van der Waals surface area contributed by atoms with Gasteiger partial charge in [0.2, 0.25) is 5.91 Å². The summed E-state index contributed by atoms with van der Waals surface area (Å²) < 4.78 is 10.5. The van der Waals surface area contributed by atoms with Crippen LogP contribution in [0.3, 0.4) is 0 Å². The van der Waals surface area contributed by atoms with Gasteiger partial charge in [0.15, 0.2) is 5.54 Å². The van der Waals surface area contributed by atoms with E-state index in [1.165, 1.54) is 7.11 Å². The summed E-state index contributed by atoms with van der Waals surface area (Å²) >= 11 is 0.